The highest BCUT2D eigenvalue weighted by molar-refractivity contribution is 5.87. The summed E-state index contributed by atoms with van der Waals surface area (Å²) in [5, 5.41) is 12.5. The summed E-state index contributed by atoms with van der Waals surface area (Å²) in [6.07, 6.45) is 0.974. The topological polar surface area (TPSA) is 73.5 Å². The second-order valence-corrected chi connectivity index (χ2v) is 6.92. The molecule has 134 valence electrons. The zero-order chi connectivity index (χ0) is 18.1. The lowest BCUT2D eigenvalue weighted by molar-refractivity contribution is 0.573. The van der Waals surface area contributed by atoms with Gasteiger partial charge in [0.2, 0.25) is 0 Å². The monoisotopic (exact) mass is 341 g/mol. The van der Waals surface area contributed by atoms with E-state index in [4.69, 9.17) is 9.97 Å². The summed E-state index contributed by atoms with van der Waals surface area (Å²) in [5.74, 6) is 1.99. The minimum absolute atomic E-state index is 0.277. The molecule has 3 rings (SSSR count). The predicted molar refractivity (Wildman–Crippen MR) is 99.9 cm³/mol. The summed E-state index contributed by atoms with van der Waals surface area (Å²) >= 11 is 0. The van der Waals surface area contributed by atoms with Gasteiger partial charge in [-0.2, -0.15) is 10.2 Å². The van der Waals surface area contributed by atoms with Crippen LogP contribution in [-0.4, -0.2) is 36.1 Å². The van der Waals surface area contributed by atoms with Crippen molar-refractivity contribution in [1.82, 2.24) is 29.5 Å². The summed E-state index contributed by atoms with van der Waals surface area (Å²) in [4.78, 5) is 9.43. The lowest BCUT2D eigenvalue weighted by Gasteiger charge is -2.11. The Labute approximate surface area is 148 Å². The van der Waals surface area contributed by atoms with Crippen molar-refractivity contribution < 1.29 is 0 Å². The highest BCUT2D eigenvalue weighted by Gasteiger charge is 2.16. The number of fused-ring (bicyclic) bond motifs is 1. The van der Waals surface area contributed by atoms with Gasteiger partial charge in [0.05, 0.1) is 11.4 Å². The first-order valence-corrected chi connectivity index (χ1v) is 8.83. The molecule has 0 amide bonds. The normalized spacial score (nSPS) is 11.6. The maximum atomic E-state index is 4.74. The highest BCUT2D eigenvalue weighted by atomic mass is 15.3. The molecule has 3 aromatic heterocycles. The maximum Gasteiger partial charge on any atom is 0.156 e. The Balaban J connectivity index is 1.77. The van der Waals surface area contributed by atoms with Crippen molar-refractivity contribution in [3.63, 3.8) is 0 Å². The quantitative estimate of drug-likeness (QED) is 0.697. The molecule has 1 N–H and O–H groups in total. The van der Waals surface area contributed by atoms with E-state index < -0.39 is 0 Å². The van der Waals surface area contributed by atoms with E-state index in [1.807, 2.05) is 25.6 Å². The zero-order valence-corrected chi connectivity index (χ0v) is 16.0. The molecule has 7 heteroatoms. The van der Waals surface area contributed by atoms with E-state index in [0.29, 0.717) is 0 Å². The van der Waals surface area contributed by atoms with Gasteiger partial charge in [-0.1, -0.05) is 13.8 Å². The first-order valence-electron chi connectivity index (χ1n) is 8.83. The third-order valence-electron chi connectivity index (χ3n) is 4.33. The SMILES string of the molecule is Cc1cc(C)n(CCCNc2nc(C(C)C)nc3c(C)nn(C)c23)n1. The Morgan fingerprint density at radius 3 is 2.52 bits per heavy atom. The second kappa shape index (κ2) is 6.82. The number of hydrogen-bond donors (Lipinski definition) is 1. The number of aryl methyl sites for hydroxylation is 5. The van der Waals surface area contributed by atoms with Gasteiger partial charge in [0.25, 0.3) is 0 Å². The molecule has 0 aliphatic rings. The Hall–Kier alpha value is -2.44. The van der Waals surface area contributed by atoms with Gasteiger partial charge in [-0.05, 0) is 33.3 Å². The van der Waals surface area contributed by atoms with Crippen LogP contribution in [0.2, 0.25) is 0 Å². The largest absolute Gasteiger partial charge is 0.368 e. The molecule has 0 aliphatic carbocycles. The molecule has 0 bridgehead atoms. The van der Waals surface area contributed by atoms with Crippen molar-refractivity contribution in [2.24, 2.45) is 7.05 Å². The molecule has 0 aliphatic heterocycles. The van der Waals surface area contributed by atoms with Crippen LogP contribution in [0, 0.1) is 20.8 Å². The molecule has 0 radical (unpaired) electrons. The number of aromatic nitrogens is 6. The average Bonchev–Trinajstić information content (AvgIpc) is 3.02. The number of rotatable bonds is 6. The van der Waals surface area contributed by atoms with Gasteiger partial charge in [-0.25, -0.2) is 9.97 Å². The van der Waals surface area contributed by atoms with E-state index >= 15 is 0 Å². The molecule has 0 unspecified atom stereocenters. The van der Waals surface area contributed by atoms with Crippen LogP contribution in [0.5, 0.6) is 0 Å². The molecular weight excluding hydrogens is 314 g/mol. The molecule has 7 nitrogen and oxygen atoms in total. The first-order chi connectivity index (χ1) is 11.9. The van der Waals surface area contributed by atoms with Gasteiger partial charge in [0.1, 0.15) is 16.9 Å². The van der Waals surface area contributed by atoms with Crippen molar-refractivity contribution in [2.75, 3.05) is 11.9 Å². The summed E-state index contributed by atoms with van der Waals surface area (Å²) in [6.45, 7) is 12.0. The molecule has 0 saturated heterocycles. The van der Waals surface area contributed by atoms with Crippen molar-refractivity contribution >= 4 is 16.9 Å². The van der Waals surface area contributed by atoms with Gasteiger partial charge in [0, 0.05) is 31.7 Å². The lowest BCUT2D eigenvalue weighted by Crippen LogP contribution is -2.12. The molecule has 0 aromatic carbocycles. The Morgan fingerprint density at radius 2 is 1.88 bits per heavy atom. The van der Waals surface area contributed by atoms with Crippen LogP contribution < -0.4 is 5.32 Å². The minimum atomic E-state index is 0.277. The zero-order valence-electron chi connectivity index (χ0n) is 16.0. The minimum Gasteiger partial charge on any atom is -0.368 e. The molecule has 0 fully saturated rings. The van der Waals surface area contributed by atoms with E-state index in [1.165, 1.54) is 5.69 Å². The average molecular weight is 341 g/mol. The Kier molecular flexibility index (Phi) is 4.74. The lowest BCUT2D eigenvalue weighted by atomic mass is 10.2. The van der Waals surface area contributed by atoms with E-state index in [0.717, 1.165) is 53.6 Å². The number of hydrogen-bond acceptors (Lipinski definition) is 5. The molecule has 0 saturated carbocycles. The van der Waals surface area contributed by atoms with E-state index in [9.17, 15) is 0 Å². The fourth-order valence-corrected chi connectivity index (χ4v) is 3.07. The van der Waals surface area contributed by atoms with E-state index in [1.54, 1.807) is 0 Å². The van der Waals surface area contributed by atoms with Crippen LogP contribution in [0.25, 0.3) is 11.0 Å². The third-order valence-corrected chi connectivity index (χ3v) is 4.33. The van der Waals surface area contributed by atoms with Gasteiger partial charge in [-0.15, -0.1) is 0 Å². The fourth-order valence-electron chi connectivity index (χ4n) is 3.07. The Bertz CT molecular complexity index is 889. The molecular formula is C18H27N7. The third kappa shape index (κ3) is 3.50. The fraction of sp³-hybridized carbons (Fsp3) is 0.556. The second-order valence-electron chi connectivity index (χ2n) is 6.92. The summed E-state index contributed by atoms with van der Waals surface area (Å²) in [5.41, 5.74) is 5.10. The number of nitrogens with one attached hydrogen (secondary N) is 1. The van der Waals surface area contributed by atoms with Crippen LogP contribution in [0.3, 0.4) is 0 Å². The maximum absolute atomic E-state index is 4.74. The molecule has 3 aromatic rings. The van der Waals surface area contributed by atoms with Crippen LogP contribution in [0.1, 0.15) is 49.1 Å². The predicted octanol–water partition coefficient (Wildman–Crippen LogP) is 3.11. The first kappa shape index (κ1) is 17.4. The highest BCUT2D eigenvalue weighted by Crippen LogP contribution is 2.24. The number of nitrogens with zero attached hydrogens (tertiary/aromatic N) is 6. The number of anilines is 1. The Morgan fingerprint density at radius 1 is 1.12 bits per heavy atom. The summed E-state index contributed by atoms with van der Waals surface area (Å²) in [7, 11) is 1.94. The van der Waals surface area contributed by atoms with E-state index in [-0.39, 0.29) is 5.92 Å². The van der Waals surface area contributed by atoms with Crippen LogP contribution in [-0.2, 0) is 13.6 Å². The summed E-state index contributed by atoms with van der Waals surface area (Å²) < 4.78 is 3.92. The van der Waals surface area contributed by atoms with Crippen molar-refractivity contribution in [3.05, 3.63) is 29.0 Å². The standard InChI is InChI=1S/C18H27N7/c1-11(2)17-20-15-14(5)23-24(6)16(15)18(21-17)19-8-7-9-25-13(4)10-12(3)22-25/h10-11H,7-9H2,1-6H3,(H,19,20,21). The molecule has 3 heterocycles. The molecule has 0 atom stereocenters. The smallest absolute Gasteiger partial charge is 0.156 e. The van der Waals surface area contributed by atoms with Crippen LogP contribution in [0.4, 0.5) is 5.82 Å². The van der Waals surface area contributed by atoms with E-state index in [2.05, 4.69) is 47.0 Å². The van der Waals surface area contributed by atoms with Crippen molar-refractivity contribution in [2.45, 2.75) is 53.5 Å². The van der Waals surface area contributed by atoms with Gasteiger partial charge in [-0.3, -0.25) is 9.36 Å². The molecule has 25 heavy (non-hydrogen) atoms. The van der Waals surface area contributed by atoms with Crippen molar-refractivity contribution in [1.29, 1.82) is 0 Å². The van der Waals surface area contributed by atoms with Gasteiger partial charge >= 0.3 is 0 Å². The van der Waals surface area contributed by atoms with Gasteiger partial charge < -0.3 is 5.32 Å². The van der Waals surface area contributed by atoms with Crippen LogP contribution in [0.15, 0.2) is 6.07 Å². The molecule has 0 spiro atoms. The van der Waals surface area contributed by atoms with Gasteiger partial charge in [0.15, 0.2) is 5.82 Å². The van der Waals surface area contributed by atoms with Crippen molar-refractivity contribution in [3.8, 4) is 0 Å². The van der Waals surface area contributed by atoms with Crippen LogP contribution >= 0.6 is 0 Å². The summed E-state index contributed by atoms with van der Waals surface area (Å²) in [6, 6.07) is 2.11.